The van der Waals surface area contributed by atoms with Gasteiger partial charge in [-0.2, -0.15) is 0 Å². The minimum atomic E-state index is 0.187. The van der Waals surface area contributed by atoms with Gasteiger partial charge in [-0.15, -0.1) is 0 Å². The predicted octanol–water partition coefficient (Wildman–Crippen LogP) is 2.47. The van der Waals surface area contributed by atoms with Crippen molar-refractivity contribution in [3.63, 3.8) is 0 Å². The lowest BCUT2D eigenvalue weighted by Crippen LogP contribution is -2.38. The number of nitrogens with zero attached hydrogens (tertiary/aromatic N) is 2. The molecule has 1 saturated heterocycles. The first-order chi connectivity index (χ1) is 8.63. The summed E-state index contributed by atoms with van der Waals surface area (Å²) in [5.41, 5.74) is 8.80. The van der Waals surface area contributed by atoms with Gasteiger partial charge in [0.2, 0.25) is 0 Å². The number of aryl methyl sites for hydroxylation is 1. The molecule has 0 bridgehead atoms. The van der Waals surface area contributed by atoms with Gasteiger partial charge in [0.25, 0.3) is 0 Å². The Balaban J connectivity index is 2.42. The maximum atomic E-state index is 8.91. The van der Waals surface area contributed by atoms with E-state index >= 15 is 0 Å². The Morgan fingerprint density at radius 3 is 2.89 bits per heavy atom. The van der Waals surface area contributed by atoms with Crippen LogP contribution in [-0.4, -0.2) is 23.6 Å². The van der Waals surface area contributed by atoms with Gasteiger partial charge in [-0.1, -0.05) is 16.8 Å². The Morgan fingerprint density at radius 2 is 2.22 bits per heavy atom. The molecular weight excluding hydrogens is 226 g/mol. The number of oxime groups is 1. The third-order valence-electron chi connectivity index (χ3n) is 3.65. The Morgan fingerprint density at radius 1 is 1.44 bits per heavy atom. The van der Waals surface area contributed by atoms with E-state index in [0.717, 1.165) is 23.4 Å². The van der Waals surface area contributed by atoms with Gasteiger partial charge in [0, 0.05) is 23.8 Å². The fraction of sp³-hybridized carbons (Fsp3) is 0.500. The topological polar surface area (TPSA) is 61.8 Å². The van der Waals surface area contributed by atoms with Crippen molar-refractivity contribution in [3.05, 3.63) is 29.3 Å². The molecule has 4 nitrogen and oxygen atoms in total. The zero-order valence-corrected chi connectivity index (χ0v) is 11.1. The van der Waals surface area contributed by atoms with E-state index < -0.39 is 0 Å². The molecule has 0 saturated carbocycles. The number of benzene rings is 1. The first-order valence-electron chi connectivity index (χ1n) is 6.48. The van der Waals surface area contributed by atoms with Crippen molar-refractivity contribution in [1.82, 2.24) is 0 Å². The van der Waals surface area contributed by atoms with Crippen LogP contribution in [-0.2, 0) is 0 Å². The van der Waals surface area contributed by atoms with E-state index in [4.69, 9.17) is 10.9 Å². The van der Waals surface area contributed by atoms with Crippen LogP contribution in [0.4, 0.5) is 5.69 Å². The van der Waals surface area contributed by atoms with E-state index in [-0.39, 0.29) is 5.84 Å². The molecular formula is C14H21N3O. The summed E-state index contributed by atoms with van der Waals surface area (Å²) in [6, 6.07) is 6.63. The number of nitrogens with two attached hydrogens (primary N) is 1. The van der Waals surface area contributed by atoms with Gasteiger partial charge in [-0.3, -0.25) is 0 Å². The third-order valence-corrected chi connectivity index (χ3v) is 3.65. The Bertz CT molecular complexity index is 456. The summed E-state index contributed by atoms with van der Waals surface area (Å²) in [5.74, 6) is 0.187. The zero-order valence-electron chi connectivity index (χ0n) is 11.1. The van der Waals surface area contributed by atoms with E-state index in [1.54, 1.807) is 0 Å². The molecule has 2 rings (SSSR count). The summed E-state index contributed by atoms with van der Waals surface area (Å²) < 4.78 is 0. The molecule has 1 heterocycles. The molecule has 1 fully saturated rings. The molecule has 0 aliphatic carbocycles. The lowest BCUT2D eigenvalue weighted by molar-refractivity contribution is 0.318. The van der Waals surface area contributed by atoms with Gasteiger partial charge in [-0.05, 0) is 45.2 Å². The second-order valence-electron chi connectivity index (χ2n) is 5.04. The van der Waals surface area contributed by atoms with E-state index in [1.165, 1.54) is 19.3 Å². The number of anilines is 1. The van der Waals surface area contributed by atoms with Crippen molar-refractivity contribution in [3.8, 4) is 0 Å². The van der Waals surface area contributed by atoms with Crippen LogP contribution in [0.2, 0.25) is 0 Å². The highest BCUT2D eigenvalue weighted by atomic mass is 16.4. The molecule has 18 heavy (non-hydrogen) atoms. The molecule has 1 aliphatic heterocycles. The van der Waals surface area contributed by atoms with Crippen molar-refractivity contribution in [1.29, 1.82) is 0 Å². The summed E-state index contributed by atoms with van der Waals surface area (Å²) >= 11 is 0. The maximum Gasteiger partial charge on any atom is 0.172 e. The standard InChI is InChI=1S/C14H21N3O/c1-10-6-7-13(12(9-10)14(15)16-18)17-8-4-3-5-11(17)2/h6-7,9,11,18H,3-5,8H2,1-2H3,(H2,15,16). The first kappa shape index (κ1) is 12.7. The van der Waals surface area contributed by atoms with Crippen molar-refractivity contribution in [2.24, 2.45) is 10.9 Å². The Hall–Kier alpha value is -1.71. The number of amidine groups is 1. The molecule has 0 spiro atoms. The normalized spacial score (nSPS) is 21.1. The number of piperidine rings is 1. The number of rotatable bonds is 2. The smallest absolute Gasteiger partial charge is 0.172 e. The highest BCUT2D eigenvalue weighted by Gasteiger charge is 2.21. The average Bonchev–Trinajstić information content (AvgIpc) is 2.39. The van der Waals surface area contributed by atoms with Gasteiger partial charge < -0.3 is 15.8 Å². The summed E-state index contributed by atoms with van der Waals surface area (Å²) in [6.07, 6.45) is 3.68. The molecule has 0 amide bonds. The molecule has 1 unspecified atom stereocenters. The fourth-order valence-corrected chi connectivity index (χ4v) is 2.62. The van der Waals surface area contributed by atoms with Crippen molar-refractivity contribution in [2.45, 2.75) is 39.2 Å². The van der Waals surface area contributed by atoms with Crippen LogP contribution >= 0.6 is 0 Å². The molecule has 1 aliphatic rings. The number of hydrogen-bond donors (Lipinski definition) is 2. The summed E-state index contributed by atoms with van der Waals surface area (Å²) in [5, 5.41) is 12.1. The fourth-order valence-electron chi connectivity index (χ4n) is 2.62. The molecule has 1 aromatic carbocycles. The van der Waals surface area contributed by atoms with Gasteiger partial charge >= 0.3 is 0 Å². The predicted molar refractivity (Wildman–Crippen MR) is 74.3 cm³/mol. The van der Waals surface area contributed by atoms with E-state index in [2.05, 4.69) is 29.1 Å². The first-order valence-corrected chi connectivity index (χ1v) is 6.48. The van der Waals surface area contributed by atoms with Gasteiger partial charge in [0.1, 0.15) is 0 Å². The van der Waals surface area contributed by atoms with Crippen LogP contribution in [0.5, 0.6) is 0 Å². The van der Waals surface area contributed by atoms with E-state index in [1.807, 2.05) is 13.0 Å². The second-order valence-corrected chi connectivity index (χ2v) is 5.04. The van der Waals surface area contributed by atoms with Gasteiger partial charge in [0.15, 0.2) is 5.84 Å². The highest BCUT2D eigenvalue weighted by molar-refractivity contribution is 6.02. The molecule has 0 aromatic heterocycles. The average molecular weight is 247 g/mol. The zero-order chi connectivity index (χ0) is 13.1. The summed E-state index contributed by atoms with van der Waals surface area (Å²) in [4.78, 5) is 2.36. The quantitative estimate of drug-likeness (QED) is 0.365. The minimum absolute atomic E-state index is 0.187. The molecule has 0 radical (unpaired) electrons. The molecule has 4 heteroatoms. The lowest BCUT2D eigenvalue weighted by Gasteiger charge is -2.36. The van der Waals surface area contributed by atoms with Gasteiger partial charge in [-0.25, -0.2) is 0 Å². The van der Waals surface area contributed by atoms with E-state index in [0.29, 0.717) is 6.04 Å². The highest BCUT2D eigenvalue weighted by Crippen LogP contribution is 2.28. The van der Waals surface area contributed by atoms with Crippen LogP contribution in [0.3, 0.4) is 0 Å². The van der Waals surface area contributed by atoms with Crippen LogP contribution in [0.1, 0.15) is 37.3 Å². The van der Waals surface area contributed by atoms with Crippen LogP contribution in [0.15, 0.2) is 23.4 Å². The monoisotopic (exact) mass is 247 g/mol. The van der Waals surface area contributed by atoms with Crippen LogP contribution in [0.25, 0.3) is 0 Å². The van der Waals surface area contributed by atoms with E-state index in [9.17, 15) is 0 Å². The minimum Gasteiger partial charge on any atom is -0.409 e. The molecule has 3 N–H and O–H groups in total. The molecule has 1 atom stereocenters. The van der Waals surface area contributed by atoms with Crippen LogP contribution < -0.4 is 10.6 Å². The summed E-state index contributed by atoms with van der Waals surface area (Å²) in [7, 11) is 0. The van der Waals surface area contributed by atoms with Crippen molar-refractivity contribution >= 4 is 11.5 Å². The maximum absolute atomic E-state index is 8.91. The summed E-state index contributed by atoms with van der Waals surface area (Å²) in [6.45, 7) is 5.28. The second kappa shape index (κ2) is 5.29. The number of hydrogen-bond acceptors (Lipinski definition) is 3. The van der Waals surface area contributed by atoms with Gasteiger partial charge in [0.05, 0.1) is 0 Å². The SMILES string of the molecule is Cc1ccc(N2CCCCC2C)c(/C(N)=N/O)c1. The largest absolute Gasteiger partial charge is 0.409 e. The third kappa shape index (κ3) is 2.42. The lowest BCUT2D eigenvalue weighted by atomic mass is 10.00. The molecule has 98 valence electrons. The molecule has 1 aromatic rings. The van der Waals surface area contributed by atoms with Crippen molar-refractivity contribution < 1.29 is 5.21 Å². The van der Waals surface area contributed by atoms with Crippen molar-refractivity contribution in [2.75, 3.05) is 11.4 Å². The van der Waals surface area contributed by atoms with Crippen LogP contribution in [0, 0.1) is 6.92 Å². The Labute approximate surface area is 108 Å². The Kier molecular flexibility index (Phi) is 3.75.